The largest absolute Gasteiger partial charge is 0.449 e. The third-order valence-corrected chi connectivity index (χ3v) is 7.34. The van der Waals surface area contributed by atoms with Crippen molar-refractivity contribution in [3.63, 3.8) is 0 Å². The second kappa shape index (κ2) is 9.83. The van der Waals surface area contributed by atoms with Crippen molar-refractivity contribution in [3.8, 4) is 0 Å². The van der Waals surface area contributed by atoms with E-state index in [4.69, 9.17) is 9.47 Å². The minimum Gasteiger partial charge on any atom is -0.449 e. The number of nitrogens with zero attached hydrogens (tertiary/aromatic N) is 1. The predicted molar refractivity (Wildman–Crippen MR) is 118 cm³/mol. The van der Waals surface area contributed by atoms with Gasteiger partial charge in [0, 0.05) is 25.9 Å². The number of rotatable bonds is 5. The van der Waals surface area contributed by atoms with Crippen LogP contribution in [0.5, 0.6) is 0 Å². The number of urea groups is 1. The van der Waals surface area contributed by atoms with Gasteiger partial charge in [-0.15, -0.1) is 0 Å². The van der Waals surface area contributed by atoms with Crippen molar-refractivity contribution in [2.75, 3.05) is 26.3 Å². The Labute approximate surface area is 193 Å². The van der Waals surface area contributed by atoms with Crippen LogP contribution >= 0.6 is 0 Å². The average Bonchev–Trinajstić information content (AvgIpc) is 2.81. The minimum atomic E-state index is -3.19. The van der Waals surface area contributed by atoms with E-state index in [9.17, 15) is 9.59 Å². The van der Waals surface area contributed by atoms with Crippen LogP contribution in [0, 0.1) is 0 Å². The van der Waals surface area contributed by atoms with Gasteiger partial charge in [-0.2, -0.15) is 0 Å². The molecule has 3 amide bonds. The summed E-state index contributed by atoms with van der Waals surface area (Å²) in [5.41, 5.74) is -0.596. The van der Waals surface area contributed by atoms with Crippen molar-refractivity contribution < 1.29 is 27.8 Å². The molecule has 0 bridgehead atoms. The average molecular weight is 466 g/mol. The standard InChI is InChI=1S/C24H33F2N3O4/c1-2-27-21(30)29-14-12-24(25,26)23(13-15-32-22(31)28-23)20(29)16-33-19-10-8-18(9-11-19)17-6-4-3-5-7-17/h3-7,18-20H,2,8-16H2,1H3,(H,27,30)(H,28,31)/t18-,19+,20-,23+/m0/s1. The number of hydrogen-bond acceptors (Lipinski definition) is 4. The molecule has 1 saturated carbocycles. The number of alkyl halides is 2. The zero-order valence-electron chi connectivity index (χ0n) is 19.0. The summed E-state index contributed by atoms with van der Waals surface area (Å²) in [5.74, 6) is -2.72. The Morgan fingerprint density at radius 3 is 2.61 bits per heavy atom. The number of ether oxygens (including phenoxy) is 2. The van der Waals surface area contributed by atoms with Crippen LogP contribution in [0.15, 0.2) is 30.3 Å². The van der Waals surface area contributed by atoms with E-state index in [0.29, 0.717) is 12.5 Å². The number of cyclic esters (lactones) is 1. The van der Waals surface area contributed by atoms with Crippen molar-refractivity contribution >= 4 is 12.1 Å². The summed E-state index contributed by atoms with van der Waals surface area (Å²) in [6, 6.07) is 8.94. The minimum absolute atomic E-state index is 0.0618. The fourth-order valence-corrected chi connectivity index (χ4v) is 5.50. The second-order valence-electron chi connectivity index (χ2n) is 9.20. The first-order valence-electron chi connectivity index (χ1n) is 11.9. The molecule has 1 aromatic rings. The first-order chi connectivity index (χ1) is 15.9. The molecule has 33 heavy (non-hydrogen) atoms. The van der Waals surface area contributed by atoms with Gasteiger partial charge in [-0.3, -0.25) is 0 Å². The maximum absolute atomic E-state index is 15.3. The lowest BCUT2D eigenvalue weighted by molar-refractivity contribution is -0.177. The van der Waals surface area contributed by atoms with E-state index >= 15 is 8.78 Å². The molecule has 3 aliphatic rings. The maximum atomic E-state index is 15.3. The van der Waals surface area contributed by atoms with Crippen LogP contribution < -0.4 is 10.6 Å². The smallest absolute Gasteiger partial charge is 0.407 e. The molecule has 9 heteroatoms. The summed E-state index contributed by atoms with van der Waals surface area (Å²) in [7, 11) is 0. The first-order valence-corrected chi connectivity index (χ1v) is 11.9. The van der Waals surface area contributed by atoms with Gasteiger partial charge in [0.05, 0.1) is 25.4 Å². The Morgan fingerprint density at radius 2 is 1.94 bits per heavy atom. The van der Waals surface area contributed by atoms with Gasteiger partial charge in [-0.25, -0.2) is 18.4 Å². The molecule has 2 N–H and O–H groups in total. The lowest BCUT2D eigenvalue weighted by atomic mass is 9.75. The van der Waals surface area contributed by atoms with Crippen LogP contribution in [-0.4, -0.2) is 66.9 Å². The van der Waals surface area contributed by atoms with E-state index in [2.05, 4.69) is 22.8 Å². The summed E-state index contributed by atoms with van der Waals surface area (Å²) >= 11 is 0. The predicted octanol–water partition coefficient (Wildman–Crippen LogP) is 4.04. The first kappa shape index (κ1) is 23.7. The lowest BCUT2D eigenvalue weighted by Gasteiger charge is -2.54. The molecule has 7 nitrogen and oxygen atoms in total. The molecule has 3 fully saturated rings. The third-order valence-electron chi connectivity index (χ3n) is 7.34. The quantitative estimate of drug-likeness (QED) is 0.688. The summed E-state index contributed by atoms with van der Waals surface area (Å²) in [6.07, 6.45) is 2.02. The molecule has 182 valence electrons. The van der Waals surface area contributed by atoms with Crippen molar-refractivity contribution in [1.82, 2.24) is 15.5 Å². The van der Waals surface area contributed by atoms with Gasteiger partial charge in [0.15, 0.2) is 0 Å². The highest BCUT2D eigenvalue weighted by Crippen LogP contribution is 2.45. The Bertz CT molecular complexity index is 832. The molecule has 1 aromatic carbocycles. The van der Waals surface area contributed by atoms with E-state index in [0.717, 1.165) is 25.7 Å². The number of alkyl carbamates (subject to hydrolysis) is 1. The highest BCUT2D eigenvalue weighted by atomic mass is 19.3. The number of carbonyl (C=O) groups excluding carboxylic acids is 2. The summed E-state index contributed by atoms with van der Waals surface area (Å²) in [5, 5.41) is 5.11. The number of halogens is 2. The number of nitrogens with one attached hydrogen (secondary N) is 2. The maximum Gasteiger partial charge on any atom is 0.407 e. The van der Waals surface area contributed by atoms with Gasteiger partial charge < -0.3 is 25.0 Å². The Morgan fingerprint density at radius 1 is 1.21 bits per heavy atom. The number of benzene rings is 1. The Balaban J connectivity index is 1.48. The van der Waals surface area contributed by atoms with Crippen LogP contribution in [0.1, 0.15) is 56.9 Å². The number of hydrogen-bond donors (Lipinski definition) is 2. The van der Waals surface area contributed by atoms with Gasteiger partial charge in [0.1, 0.15) is 5.54 Å². The number of carbonyl (C=O) groups is 2. The molecule has 2 aliphatic heterocycles. The summed E-state index contributed by atoms with van der Waals surface area (Å²) in [6.45, 7) is 1.87. The van der Waals surface area contributed by atoms with Crippen LogP contribution in [0.3, 0.4) is 0 Å². The van der Waals surface area contributed by atoms with E-state index < -0.39 is 36.0 Å². The van der Waals surface area contributed by atoms with Gasteiger partial charge >= 0.3 is 12.1 Å². The fourth-order valence-electron chi connectivity index (χ4n) is 5.50. The zero-order chi connectivity index (χ0) is 23.5. The molecular formula is C24H33F2N3O4. The monoisotopic (exact) mass is 465 g/mol. The van der Waals surface area contributed by atoms with Crippen LogP contribution in [0.4, 0.5) is 18.4 Å². The molecule has 1 spiro atoms. The topological polar surface area (TPSA) is 79.9 Å². The highest BCUT2D eigenvalue weighted by Gasteiger charge is 2.65. The van der Waals surface area contributed by atoms with E-state index in [1.807, 2.05) is 18.2 Å². The van der Waals surface area contributed by atoms with Crippen LogP contribution in [0.2, 0.25) is 0 Å². The SMILES string of the molecule is CCNC(=O)N1CCC(F)(F)[C@@]2(CCOC(=O)N2)[C@@H]1CO[C@H]1CC[C@@H](c2ccccc2)CC1. The lowest BCUT2D eigenvalue weighted by Crippen LogP contribution is -2.78. The van der Waals surface area contributed by atoms with Crippen LogP contribution in [0.25, 0.3) is 0 Å². The highest BCUT2D eigenvalue weighted by molar-refractivity contribution is 5.76. The Kier molecular flexibility index (Phi) is 7.07. The molecule has 2 heterocycles. The Hall–Kier alpha value is -2.42. The second-order valence-corrected chi connectivity index (χ2v) is 9.20. The van der Waals surface area contributed by atoms with Gasteiger partial charge in [-0.05, 0) is 44.1 Å². The molecule has 1 aliphatic carbocycles. The fraction of sp³-hybridized carbons (Fsp3) is 0.667. The van der Waals surface area contributed by atoms with Crippen molar-refractivity contribution in [3.05, 3.63) is 35.9 Å². The van der Waals surface area contributed by atoms with Crippen LogP contribution in [-0.2, 0) is 9.47 Å². The van der Waals surface area contributed by atoms with Crippen molar-refractivity contribution in [2.24, 2.45) is 0 Å². The molecule has 4 rings (SSSR count). The molecule has 0 radical (unpaired) electrons. The van der Waals surface area contributed by atoms with E-state index in [1.165, 1.54) is 10.5 Å². The van der Waals surface area contributed by atoms with Crippen molar-refractivity contribution in [2.45, 2.75) is 75.0 Å². The van der Waals surface area contributed by atoms with E-state index in [1.54, 1.807) is 6.92 Å². The summed E-state index contributed by atoms with van der Waals surface area (Å²) in [4.78, 5) is 26.2. The zero-order valence-corrected chi connectivity index (χ0v) is 19.0. The van der Waals surface area contributed by atoms with E-state index in [-0.39, 0.29) is 32.3 Å². The normalized spacial score (nSPS) is 31.5. The summed E-state index contributed by atoms with van der Waals surface area (Å²) < 4.78 is 41.7. The third kappa shape index (κ3) is 4.78. The number of likely N-dealkylation sites (tertiary alicyclic amines) is 1. The molecule has 0 aromatic heterocycles. The molecular weight excluding hydrogens is 432 g/mol. The number of piperidine rings is 1. The molecule has 2 saturated heterocycles. The van der Waals surface area contributed by atoms with Gasteiger partial charge in [0.2, 0.25) is 0 Å². The molecule has 0 unspecified atom stereocenters. The van der Waals surface area contributed by atoms with Crippen molar-refractivity contribution in [1.29, 1.82) is 0 Å². The molecule has 2 atom stereocenters. The van der Waals surface area contributed by atoms with Gasteiger partial charge in [-0.1, -0.05) is 30.3 Å². The van der Waals surface area contributed by atoms with Gasteiger partial charge in [0.25, 0.3) is 5.92 Å². The number of amides is 3.